The normalized spacial score (nSPS) is 12.1. The van der Waals surface area contributed by atoms with Gasteiger partial charge in [0.25, 0.3) is 0 Å². The summed E-state index contributed by atoms with van der Waals surface area (Å²) in [5.41, 5.74) is 1.06. The van der Waals surface area contributed by atoms with Crippen LogP contribution in [-0.4, -0.2) is 4.98 Å². The molecule has 1 unspecified atom stereocenters. The summed E-state index contributed by atoms with van der Waals surface area (Å²) in [5, 5.41) is 9.06. The molecule has 2 nitrogen and oxygen atoms in total. The van der Waals surface area contributed by atoms with Crippen LogP contribution in [0.1, 0.15) is 12.5 Å². The second-order valence-corrected chi connectivity index (χ2v) is 3.43. The van der Waals surface area contributed by atoms with Crippen LogP contribution in [0.2, 0.25) is 5.02 Å². The van der Waals surface area contributed by atoms with E-state index < -0.39 is 0 Å². The molecule has 1 aromatic heterocycles. The molecular weight excluding hydrogens is 184 g/mol. The zero-order valence-corrected chi connectivity index (χ0v) is 8.12. The van der Waals surface area contributed by atoms with Crippen molar-refractivity contribution in [1.29, 1.82) is 5.26 Å². The van der Waals surface area contributed by atoms with Gasteiger partial charge in [-0.15, -0.1) is 0 Å². The fourth-order valence-corrected chi connectivity index (χ4v) is 1.32. The summed E-state index contributed by atoms with van der Waals surface area (Å²) in [6.45, 7) is 1.99. The van der Waals surface area contributed by atoms with Gasteiger partial charge in [0.1, 0.15) is 0 Å². The van der Waals surface area contributed by atoms with E-state index in [-0.39, 0.29) is 5.92 Å². The number of hydrogen-bond acceptors (Lipinski definition) is 2. The Hall–Kier alpha value is -1.07. The molecule has 1 rings (SSSR count). The molecule has 1 radical (unpaired) electrons. The van der Waals surface area contributed by atoms with Crippen LogP contribution in [0.4, 0.5) is 0 Å². The number of pyridine rings is 1. The largest absolute Gasteiger partial charge is 0.263 e. The zero-order valence-electron chi connectivity index (χ0n) is 7.37. The second-order valence-electron chi connectivity index (χ2n) is 2.99. The first kappa shape index (κ1) is 10.0. The minimum absolute atomic E-state index is 0.241. The van der Waals surface area contributed by atoms with Crippen molar-refractivity contribution < 1.29 is 0 Å². The standard InChI is InChI=1S/C10H10ClN2/c1-8(2-3-12)4-9-5-10(11)7-13-6-9/h2,5-8H,4H2,1H3. The summed E-state index contributed by atoms with van der Waals surface area (Å²) in [4.78, 5) is 3.97. The summed E-state index contributed by atoms with van der Waals surface area (Å²) in [7, 11) is 0. The Bertz CT molecular complexity index is 317. The fraction of sp³-hybridized carbons (Fsp3) is 0.300. The lowest BCUT2D eigenvalue weighted by Gasteiger charge is -2.05. The third-order valence-corrected chi connectivity index (χ3v) is 1.88. The van der Waals surface area contributed by atoms with E-state index in [0.29, 0.717) is 5.02 Å². The smallest absolute Gasteiger partial charge is 0.0672 e. The molecule has 1 heterocycles. The number of rotatable bonds is 3. The third-order valence-electron chi connectivity index (χ3n) is 1.68. The van der Waals surface area contributed by atoms with E-state index in [1.165, 1.54) is 0 Å². The molecule has 0 bridgehead atoms. The first-order chi connectivity index (χ1) is 6.22. The second kappa shape index (κ2) is 4.84. The van der Waals surface area contributed by atoms with E-state index in [1.54, 1.807) is 18.8 Å². The van der Waals surface area contributed by atoms with Crippen molar-refractivity contribution in [3.63, 3.8) is 0 Å². The minimum Gasteiger partial charge on any atom is -0.263 e. The van der Waals surface area contributed by atoms with E-state index >= 15 is 0 Å². The Kier molecular flexibility index (Phi) is 3.72. The molecule has 0 amide bonds. The lowest BCUT2D eigenvalue weighted by Crippen LogP contribution is -1.99. The Morgan fingerprint density at radius 3 is 3.08 bits per heavy atom. The van der Waals surface area contributed by atoms with E-state index in [0.717, 1.165) is 12.0 Å². The van der Waals surface area contributed by atoms with E-state index in [9.17, 15) is 0 Å². The lowest BCUT2D eigenvalue weighted by molar-refractivity contribution is 0.689. The highest BCUT2D eigenvalue weighted by Crippen LogP contribution is 2.13. The molecule has 0 fully saturated rings. The summed E-state index contributed by atoms with van der Waals surface area (Å²) >= 11 is 5.77. The van der Waals surface area contributed by atoms with Gasteiger partial charge in [-0.3, -0.25) is 4.98 Å². The predicted molar refractivity (Wildman–Crippen MR) is 52.0 cm³/mol. The monoisotopic (exact) mass is 193 g/mol. The number of nitrogens with zero attached hydrogens (tertiary/aromatic N) is 2. The Morgan fingerprint density at radius 1 is 1.69 bits per heavy atom. The summed E-state index contributed by atoms with van der Waals surface area (Å²) < 4.78 is 0. The average molecular weight is 194 g/mol. The molecule has 0 aliphatic carbocycles. The van der Waals surface area contributed by atoms with Crippen LogP contribution in [0.15, 0.2) is 18.5 Å². The van der Waals surface area contributed by atoms with Crippen molar-refractivity contribution in [2.75, 3.05) is 0 Å². The molecule has 13 heavy (non-hydrogen) atoms. The van der Waals surface area contributed by atoms with Gasteiger partial charge >= 0.3 is 0 Å². The molecule has 0 aromatic carbocycles. The van der Waals surface area contributed by atoms with Crippen LogP contribution >= 0.6 is 11.6 Å². The predicted octanol–water partition coefficient (Wildman–Crippen LogP) is 2.64. The van der Waals surface area contributed by atoms with Crippen molar-refractivity contribution in [2.24, 2.45) is 5.92 Å². The number of aromatic nitrogens is 1. The summed E-state index contributed by atoms with van der Waals surface area (Å²) in [6.07, 6.45) is 5.79. The highest BCUT2D eigenvalue weighted by Gasteiger charge is 2.03. The van der Waals surface area contributed by atoms with Gasteiger partial charge < -0.3 is 0 Å². The fourth-order valence-electron chi connectivity index (χ4n) is 1.13. The SMILES string of the molecule is CC([CH]C#N)Cc1cncc(Cl)c1. The molecule has 0 N–H and O–H groups in total. The van der Waals surface area contributed by atoms with E-state index in [2.05, 4.69) is 4.98 Å². The van der Waals surface area contributed by atoms with Gasteiger partial charge in [-0.25, -0.2) is 0 Å². The minimum atomic E-state index is 0.241. The molecule has 3 heteroatoms. The maximum Gasteiger partial charge on any atom is 0.0672 e. The highest BCUT2D eigenvalue weighted by atomic mass is 35.5. The van der Waals surface area contributed by atoms with Crippen molar-refractivity contribution >= 4 is 11.6 Å². The summed E-state index contributed by atoms with van der Waals surface area (Å²) in [5.74, 6) is 0.241. The van der Waals surface area contributed by atoms with Crippen LogP contribution < -0.4 is 0 Å². The van der Waals surface area contributed by atoms with Crippen LogP contribution in [0.3, 0.4) is 0 Å². The van der Waals surface area contributed by atoms with Gasteiger partial charge in [-0.2, -0.15) is 5.26 Å². The maximum atomic E-state index is 8.42. The number of halogens is 1. The van der Waals surface area contributed by atoms with Crippen LogP contribution in [0.25, 0.3) is 0 Å². The van der Waals surface area contributed by atoms with Crippen LogP contribution in [-0.2, 0) is 6.42 Å². The average Bonchev–Trinajstić information content (AvgIpc) is 2.04. The van der Waals surface area contributed by atoms with Crippen molar-refractivity contribution in [3.8, 4) is 6.07 Å². The third kappa shape index (κ3) is 3.43. The topological polar surface area (TPSA) is 36.7 Å². The van der Waals surface area contributed by atoms with Crippen LogP contribution in [0, 0.1) is 23.7 Å². The first-order valence-electron chi connectivity index (χ1n) is 4.04. The zero-order chi connectivity index (χ0) is 9.68. The van der Waals surface area contributed by atoms with Gasteiger partial charge in [-0.1, -0.05) is 18.5 Å². The van der Waals surface area contributed by atoms with Crippen LogP contribution in [0.5, 0.6) is 0 Å². The van der Waals surface area contributed by atoms with Gasteiger partial charge in [0.05, 0.1) is 17.5 Å². The molecule has 0 saturated heterocycles. The van der Waals surface area contributed by atoms with E-state index in [1.807, 2.05) is 19.1 Å². The van der Waals surface area contributed by atoms with Gasteiger partial charge in [-0.05, 0) is 24.0 Å². The summed E-state index contributed by atoms with van der Waals surface area (Å²) in [6, 6.07) is 3.90. The molecule has 0 aliphatic rings. The number of hydrogen-bond donors (Lipinski definition) is 0. The maximum absolute atomic E-state index is 8.42. The quantitative estimate of drug-likeness (QED) is 0.740. The van der Waals surface area contributed by atoms with Gasteiger partial charge in [0, 0.05) is 12.4 Å². The Balaban J connectivity index is 2.59. The lowest BCUT2D eigenvalue weighted by atomic mass is 10.0. The molecule has 1 aromatic rings. The first-order valence-corrected chi connectivity index (χ1v) is 4.42. The molecule has 0 saturated carbocycles. The Morgan fingerprint density at radius 2 is 2.46 bits per heavy atom. The van der Waals surface area contributed by atoms with Crippen molar-refractivity contribution in [2.45, 2.75) is 13.3 Å². The highest BCUT2D eigenvalue weighted by molar-refractivity contribution is 6.30. The molecule has 0 spiro atoms. The molecule has 1 atom stereocenters. The van der Waals surface area contributed by atoms with Crippen molar-refractivity contribution in [1.82, 2.24) is 4.98 Å². The number of nitriles is 1. The Labute approximate surface area is 83.2 Å². The van der Waals surface area contributed by atoms with Gasteiger partial charge in [0.2, 0.25) is 0 Å². The van der Waals surface area contributed by atoms with Gasteiger partial charge in [0.15, 0.2) is 0 Å². The van der Waals surface area contributed by atoms with Crippen molar-refractivity contribution in [3.05, 3.63) is 35.5 Å². The molecule has 67 valence electrons. The molecule has 0 aliphatic heterocycles. The van der Waals surface area contributed by atoms with E-state index in [4.69, 9.17) is 16.9 Å². The molecular formula is C10H10ClN2.